The summed E-state index contributed by atoms with van der Waals surface area (Å²) in [5, 5.41) is 3.04. The topological polar surface area (TPSA) is 58.6 Å². The van der Waals surface area contributed by atoms with E-state index in [2.05, 4.69) is 12.2 Å². The number of nitrogens with zero attached hydrogens (tertiary/aromatic N) is 1. The lowest BCUT2D eigenvalue weighted by Crippen LogP contribution is -2.28. The van der Waals surface area contributed by atoms with Crippen LogP contribution >= 0.6 is 0 Å². The third-order valence-corrected chi connectivity index (χ3v) is 4.87. The van der Waals surface area contributed by atoms with Gasteiger partial charge in [0.15, 0.2) is 0 Å². The third kappa shape index (κ3) is 3.57. The number of ether oxygens (including phenoxy) is 1. The van der Waals surface area contributed by atoms with E-state index in [9.17, 15) is 9.59 Å². The summed E-state index contributed by atoms with van der Waals surface area (Å²) < 4.78 is 5.15. The minimum atomic E-state index is -0.353. The SMILES string of the molecule is CCc1cccc(C)c1NC(=O)[C@H]1CC(=O)N(c2ccc(OC)cc2)C1. The zero-order valence-corrected chi connectivity index (χ0v) is 15.4. The molecule has 2 aromatic rings. The number of carbonyl (C=O) groups is 2. The molecule has 3 rings (SSSR count). The summed E-state index contributed by atoms with van der Waals surface area (Å²) in [4.78, 5) is 26.8. The van der Waals surface area contributed by atoms with Crippen LogP contribution in [0.5, 0.6) is 5.75 Å². The molecule has 5 nitrogen and oxygen atoms in total. The molecule has 26 heavy (non-hydrogen) atoms. The molecule has 2 aromatic carbocycles. The van der Waals surface area contributed by atoms with Crippen LogP contribution in [0.15, 0.2) is 42.5 Å². The maximum Gasteiger partial charge on any atom is 0.229 e. The van der Waals surface area contributed by atoms with Crippen LogP contribution in [0, 0.1) is 12.8 Å². The van der Waals surface area contributed by atoms with Gasteiger partial charge in [0.25, 0.3) is 0 Å². The molecular weight excluding hydrogens is 328 g/mol. The molecule has 0 radical (unpaired) electrons. The average Bonchev–Trinajstić information content (AvgIpc) is 3.05. The first kappa shape index (κ1) is 18.0. The van der Waals surface area contributed by atoms with Crippen LogP contribution in [-0.2, 0) is 16.0 Å². The van der Waals surface area contributed by atoms with Crippen molar-refractivity contribution in [3.8, 4) is 5.75 Å². The predicted octanol–water partition coefficient (Wildman–Crippen LogP) is 3.56. The smallest absolute Gasteiger partial charge is 0.229 e. The van der Waals surface area contributed by atoms with Crippen LogP contribution in [0.2, 0.25) is 0 Å². The second kappa shape index (κ2) is 7.60. The van der Waals surface area contributed by atoms with Crippen molar-refractivity contribution in [1.82, 2.24) is 0 Å². The Labute approximate surface area is 154 Å². The number of aryl methyl sites for hydroxylation is 2. The Balaban J connectivity index is 1.73. The van der Waals surface area contributed by atoms with E-state index in [1.165, 1.54) is 0 Å². The normalized spacial score (nSPS) is 16.7. The van der Waals surface area contributed by atoms with Crippen molar-refractivity contribution in [2.24, 2.45) is 5.92 Å². The summed E-state index contributed by atoms with van der Waals surface area (Å²) in [6.07, 6.45) is 1.07. The van der Waals surface area contributed by atoms with Gasteiger partial charge in [-0.1, -0.05) is 25.1 Å². The molecule has 1 heterocycles. The van der Waals surface area contributed by atoms with Gasteiger partial charge >= 0.3 is 0 Å². The Bertz CT molecular complexity index is 815. The number of anilines is 2. The van der Waals surface area contributed by atoms with Crippen LogP contribution in [0.3, 0.4) is 0 Å². The highest BCUT2D eigenvalue weighted by molar-refractivity contribution is 6.04. The molecule has 0 unspecified atom stereocenters. The molecule has 0 saturated carbocycles. The fourth-order valence-corrected chi connectivity index (χ4v) is 3.32. The van der Waals surface area contributed by atoms with Gasteiger partial charge in [-0.15, -0.1) is 0 Å². The zero-order valence-electron chi connectivity index (χ0n) is 15.4. The van der Waals surface area contributed by atoms with Gasteiger partial charge in [-0.25, -0.2) is 0 Å². The van der Waals surface area contributed by atoms with Crippen molar-refractivity contribution in [2.45, 2.75) is 26.7 Å². The number of methoxy groups -OCH3 is 1. The molecule has 1 fully saturated rings. The van der Waals surface area contributed by atoms with Gasteiger partial charge in [-0.2, -0.15) is 0 Å². The van der Waals surface area contributed by atoms with Crippen molar-refractivity contribution in [3.63, 3.8) is 0 Å². The number of benzene rings is 2. The van der Waals surface area contributed by atoms with Crippen molar-refractivity contribution in [3.05, 3.63) is 53.6 Å². The number of rotatable bonds is 5. The number of amides is 2. The minimum absolute atomic E-state index is 0.0317. The molecule has 0 aromatic heterocycles. The van der Waals surface area contributed by atoms with Crippen molar-refractivity contribution >= 4 is 23.2 Å². The lowest BCUT2D eigenvalue weighted by Gasteiger charge is -2.18. The molecule has 1 N–H and O–H groups in total. The molecule has 1 aliphatic heterocycles. The number of para-hydroxylation sites is 1. The van der Waals surface area contributed by atoms with Gasteiger partial charge in [-0.05, 0) is 48.7 Å². The van der Waals surface area contributed by atoms with Crippen LogP contribution in [0.25, 0.3) is 0 Å². The van der Waals surface area contributed by atoms with E-state index in [0.29, 0.717) is 6.54 Å². The number of hydrogen-bond donors (Lipinski definition) is 1. The molecule has 1 atom stereocenters. The Kier molecular flexibility index (Phi) is 5.26. The van der Waals surface area contributed by atoms with E-state index in [4.69, 9.17) is 4.74 Å². The lowest BCUT2D eigenvalue weighted by molar-refractivity contribution is -0.122. The number of hydrogen-bond acceptors (Lipinski definition) is 3. The molecule has 5 heteroatoms. The predicted molar refractivity (Wildman–Crippen MR) is 103 cm³/mol. The molecule has 1 saturated heterocycles. The molecule has 0 aliphatic carbocycles. The Morgan fingerprint density at radius 1 is 1.23 bits per heavy atom. The molecule has 2 amide bonds. The molecule has 136 valence electrons. The van der Waals surface area contributed by atoms with Crippen molar-refractivity contribution < 1.29 is 14.3 Å². The molecular formula is C21H24N2O3. The monoisotopic (exact) mass is 352 g/mol. The highest BCUT2D eigenvalue weighted by Gasteiger charge is 2.35. The van der Waals surface area contributed by atoms with E-state index < -0.39 is 0 Å². The lowest BCUT2D eigenvalue weighted by atomic mass is 10.0. The second-order valence-corrected chi connectivity index (χ2v) is 6.56. The fourth-order valence-electron chi connectivity index (χ4n) is 3.32. The molecule has 0 spiro atoms. The maximum absolute atomic E-state index is 12.7. The number of nitrogens with one attached hydrogen (secondary N) is 1. The second-order valence-electron chi connectivity index (χ2n) is 6.56. The minimum Gasteiger partial charge on any atom is -0.497 e. The molecule has 0 bridgehead atoms. The van der Waals surface area contributed by atoms with Crippen LogP contribution in [0.4, 0.5) is 11.4 Å². The summed E-state index contributed by atoms with van der Waals surface area (Å²) >= 11 is 0. The summed E-state index contributed by atoms with van der Waals surface area (Å²) in [6.45, 7) is 4.44. The Hall–Kier alpha value is -2.82. The van der Waals surface area contributed by atoms with Crippen LogP contribution < -0.4 is 15.0 Å². The Morgan fingerprint density at radius 2 is 1.96 bits per heavy atom. The fraction of sp³-hybridized carbons (Fsp3) is 0.333. The first-order valence-electron chi connectivity index (χ1n) is 8.87. The average molecular weight is 352 g/mol. The van der Waals surface area contributed by atoms with Gasteiger partial charge in [0.05, 0.1) is 13.0 Å². The maximum atomic E-state index is 12.7. The van der Waals surface area contributed by atoms with Gasteiger partial charge in [0.1, 0.15) is 5.75 Å². The largest absolute Gasteiger partial charge is 0.497 e. The first-order chi connectivity index (χ1) is 12.5. The van der Waals surface area contributed by atoms with E-state index in [-0.39, 0.29) is 24.2 Å². The summed E-state index contributed by atoms with van der Waals surface area (Å²) in [5.74, 6) is 0.254. The number of carbonyl (C=O) groups excluding carboxylic acids is 2. The van der Waals surface area contributed by atoms with E-state index in [1.54, 1.807) is 12.0 Å². The van der Waals surface area contributed by atoms with Crippen LogP contribution in [-0.4, -0.2) is 25.5 Å². The van der Waals surface area contributed by atoms with Gasteiger partial charge in [0, 0.05) is 24.3 Å². The quantitative estimate of drug-likeness (QED) is 0.895. The van der Waals surface area contributed by atoms with Gasteiger partial charge in [0.2, 0.25) is 11.8 Å². The highest BCUT2D eigenvalue weighted by Crippen LogP contribution is 2.28. The summed E-state index contributed by atoms with van der Waals surface area (Å²) in [7, 11) is 1.60. The van der Waals surface area contributed by atoms with Crippen molar-refractivity contribution in [1.29, 1.82) is 0 Å². The van der Waals surface area contributed by atoms with E-state index in [0.717, 1.165) is 34.7 Å². The zero-order chi connectivity index (χ0) is 18.7. The summed E-state index contributed by atoms with van der Waals surface area (Å²) in [5.41, 5.74) is 3.80. The first-order valence-corrected chi connectivity index (χ1v) is 8.87. The summed E-state index contributed by atoms with van der Waals surface area (Å²) in [6, 6.07) is 13.3. The van der Waals surface area contributed by atoms with Crippen molar-refractivity contribution in [2.75, 3.05) is 23.9 Å². The van der Waals surface area contributed by atoms with E-state index >= 15 is 0 Å². The highest BCUT2D eigenvalue weighted by atomic mass is 16.5. The van der Waals surface area contributed by atoms with Crippen LogP contribution in [0.1, 0.15) is 24.5 Å². The van der Waals surface area contributed by atoms with Gasteiger partial charge in [-0.3, -0.25) is 9.59 Å². The Morgan fingerprint density at radius 3 is 2.62 bits per heavy atom. The molecule has 1 aliphatic rings. The van der Waals surface area contributed by atoms with E-state index in [1.807, 2.05) is 49.4 Å². The third-order valence-electron chi connectivity index (χ3n) is 4.87. The van der Waals surface area contributed by atoms with Gasteiger partial charge < -0.3 is 15.0 Å². The standard InChI is InChI=1S/C21H24N2O3/c1-4-15-7-5-6-14(2)20(15)22-21(25)16-12-19(24)23(13-16)17-8-10-18(26-3)11-9-17/h5-11,16H,4,12-13H2,1-3H3,(H,22,25)/t16-/m0/s1.